The first-order valence-corrected chi connectivity index (χ1v) is 6.03. The third-order valence-electron chi connectivity index (χ3n) is 2.45. The molecule has 1 amide bonds. The minimum Gasteiger partial charge on any atom is -0.352 e. The lowest BCUT2D eigenvalue weighted by molar-refractivity contribution is 0.0952. The quantitative estimate of drug-likeness (QED) is 0.621. The van der Waals surface area contributed by atoms with Crippen LogP contribution in [0.2, 0.25) is 0 Å². The lowest BCUT2D eigenvalue weighted by atomic mass is 10.1. The minimum atomic E-state index is 0.000301. The Morgan fingerprint density at radius 2 is 2.12 bits per heavy atom. The average molecular weight is 240 g/mol. The van der Waals surface area contributed by atoms with Crippen molar-refractivity contribution in [1.29, 1.82) is 0 Å². The number of benzene rings is 1. The van der Waals surface area contributed by atoms with Gasteiger partial charge in [-0.25, -0.2) is 0 Å². The van der Waals surface area contributed by atoms with Crippen LogP contribution in [0.1, 0.15) is 35.7 Å². The van der Waals surface area contributed by atoms with E-state index in [1.165, 1.54) is 0 Å². The Morgan fingerprint density at radius 1 is 1.44 bits per heavy atom. The summed E-state index contributed by atoms with van der Waals surface area (Å²) in [6.45, 7) is 4.59. The van der Waals surface area contributed by atoms with E-state index < -0.39 is 0 Å². The highest BCUT2D eigenvalue weighted by Gasteiger charge is 2.06. The fourth-order valence-electron chi connectivity index (χ4n) is 1.51. The Morgan fingerprint density at radius 3 is 2.75 bits per heavy atom. The van der Waals surface area contributed by atoms with Crippen LogP contribution < -0.4 is 5.32 Å². The smallest absolute Gasteiger partial charge is 0.251 e. The van der Waals surface area contributed by atoms with Gasteiger partial charge in [0.15, 0.2) is 0 Å². The lowest BCUT2D eigenvalue weighted by Crippen LogP contribution is -2.25. The number of carbonyl (C=O) groups is 1. The summed E-state index contributed by atoms with van der Waals surface area (Å²) in [7, 11) is 0. The van der Waals surface area contributed by atoms with Gasteiger partial charge in [-0.05, 0) is 38.3 Å². The van der Waals surface area contributed by atoms with Gasteiger partial charge >= 0.3 is 0 Å². The van der Waals surface area contributed by atoms with E-state index in [2.05, 4.69) is 5.32 Å². The number of alkyl halides is 1. The molecule has 1 aromatic carbocycles. The van der Waals surface area contributed by atoms with Gasteiger partial charge in [-0.1, -0.05) is 18.2 Å². The summed E-state index contributed by atoms with van der Waals surface area (Å²) < 4.78 is 0. The van der Waals surface area contributed by atoms with Crippen LogP contribution in [0.3, 0.4) is 0 Å². The van der Waals surface area contributed by atoms with Gasteiger partial charge in [0, 0.05) is 17.5 Å². The zero-order valence-electron chi connectivity index (χ0n) is 9.79. The van der Waals surface area contributed by atoms with Crippen molar-refractivity contribution in [1.82, 2.24) is 5.32 Å². The Bertz CT molecular complexity index is 350. The molecule has 16 heavy (non-hydrogen) atoms. The summed E-state index contributed by atoms with van der Waals surface area (Å²) >= 11 is 5.82. The van der Waals surface area contributed by atoms with Crippen LogP contribution in [-0.2, 0) is 0 Å². The number of carbonyl (C=O) groups excluding carboxylic acids is 1. The van der Waals surface area contributed by atoms with Crippen LogP contribution in [0.25, 0.3) is 0 Å². The predicted molar refractivity (Wildman–Crippen MR) is 68.1 cm³/mol. The highest BCUT2D eigenvalue weighted by Crippen LogP contribution is 2.07. The first kappa shape index (κ1) is 13.0. The number of rotatable bonds is 5. The largest absolute Gasteiger partial charge is 0.352 e. The topological polar surface area (TPSA) is 29.1 Å². The number of amides is 1. The minimum absolute atomic E-state index is 0.000301. The molecular formula is C13H18ClNO. The van der Waals surface area contributed by atoms with E-state index in [0.717, 1.165) is 24.0 Å². The van der Waals surface area contributed by atoms with Crippen molar-refractivity contribution < 1.29 is 4.79 Å². The van der Waals surface area contributed by atoms with Gasteiger partial charge in [0.1, 0.15) is 0 Å². The van der Waals surface area contributed by atoms with Gasteiger partial charge in [-0.2, -0.15) is 0 Å². The van der Waals surface area contributed by atoms with Crippen LogP contribution in [0.5, 0.6) is 0 Å². The molecule has 3 heteroatoms. The normalized spacial score (nSPS) is 12.2. The number of nitrogens with one attached hydrogen (secondary N) is 1. The van der Waals surface area contributed by atoms with Crippen molar-refractivity contribution >= 4 is 17.5 Å². The summed E-state index contributed by atoms with van der Waals surface area (Å²) in [5.74, 6) is 0.000301. The van der Waals surface area contributed by atoms with Crippen LogP contribution in [0.15, 0.2) is 24.3 Å². The Kier molecular flexibility index (Phi) is 5.33. The van der Waals surface area contributed by atoms with Gasteiger partial charge in [-0.15, -0.1) is 11.6 Å². The molecule has 0 saturated heterocycles. The second kappa shape index (κ2) is 6.54. The zero-order chi connectivity index (χ0) is 12.0. The molecule has 88 valence electrons. The van der Waals surface area contributed by atoms with Gasteiger partial charge < -0.3 is 5.32 Å². The molecule has 0 radical (unpaired) electrons. The van der Waals surface area contributed by atoms with Gasteiger partial charge in [0.2, 0.25) is 0 Å². The highest BCUT2D eigenvalue weighted by molar-refractivity contribution is 6.20. The molecule has 0 saturated carbocycles. The fraction of sp³-hybridized carbons (Fsp3) is 0.462. The first-order chi connectivity index (χ1) is 7.61. The zero-order valence-corrected chi connectivity index (χ0v) is 10.6. The molecule has 0 fully saturated rings. The van der Waals surface area contributed by atoms with Gasteiger partial charge in [0.25, 0.3) is 5.91 Å². The molecule has 0 aliphatic rings. The molecule has 0 bridgehead atoms. The third-order valence-corrected chi connectivity index (χ3v) is 2.67. The Labute approximate surface area is 102 Å². The molecule has 1 aromatic rings. The van der Waals surface area contributed by atoms with Crippen molar-refractivity contribution in [2.75, 3.05) is 6.54 Å². The molecule has 0 heterocycles. The van der Waals surface area contributed by atoms with Crippen LogP contribution in [-0.4, -0.2) is 17.8 Å². The molecule has 0 spiro atoms. The first-order valence-electron chi connectivity index (χ1n) is 5.59. The third kappa shape index (κ3) is 4.23. The van der Waals surface area contributed by atoms with E-state index in [1.807, 2.05) is 38.1 Å². The fourth-order valence-corrected chi connectivity index (χ4v) is 1.66. The number of aryl methyl sites for hydroxylation is 1. The van der Waals surface area contributed by atoms with E-state index in [0.29, 0.717) is 6.54 Å². The molecule has 1 unspecified atom stereocenters. The number of hydrogen-bond acceptors (Lipinski definition) is 1. The highest BCUT2D eigenvalue weighted by atomic mass is 35.5. The maximum atomic E-state index is 11.8. The predicted octanol–water partition coefficient (Wildman–Crippen LogP) is 3.13. The van der Waals surface area contributed by atoms with E-state index in [1.54, 1.807) is 0 Å². The van der Waals surface area contributed by atoms with E-state index in [4.69, 9.17) is 11.6 Å². The summed E-state index contributed by atoms with van der Waals surface area (Å²) in [6.07, 6.45) is 1.85. The van der Waals surface area contributed by atoms with Crippen molar-refractivity contribution in [2.24, 2.45) is 0 Å². The molecule has 2 nitrogen and oxygen atoms in total. The molecule has 0 aromatic heterocycles. The summed E-state index contributed by atoms with van der Waals surface area (Å²) in [4.78, 5) is 11.8. The van der Waals surface area contributed by atoms with Crippen molar-refractivity contribution in [2.45, 2.75) is 32.1 Å². The molecular weight excluding hydrogens is 222 g/mol. The molecule has 1 N–H and O–H groups in total. The lowest BCUT2D eigenvalue weighted by Gasteiger charge is -2.07. The van der Waals surface area contributed by atoms with Crippen LogP contribution >= 0.6 is 11.6 Å². The van der Waals surface area contributed by atoms with Crippen molar-refractivity contribution in [3.63, 3.8) is 0 Å². The molecule has 0 aliphatic carbocycles. The SMILES string of the molecule is Cc1ccccc1C(=O)NCCCC(C)Cl. The average Bonchev–Trinajstić information content (AvgIpc) is 2.24. The maximum Gasteiger partial charge on any atom is 0.251 e. The van der Waals surface area contributed by atoms with E-state index in [-0.39, 0.29) is 11.3 Å². The molecule has 0 aliphatic heterocycles. The second-order valence-electron chi connectivity index (χ2n) is 3.99. The van der Waals surface area contributed by atoms with E-state index in [9.17, 15) is 4.79 Å². The Balaban J connectivity index is 2.39. The molecule has 1 rings (SSSR count). The van der Waals surface area contributed by atoms with Gasteiger partial charge in [0.05, 0.1) is 0 Å². The standard InChI is InChI=1S/C13H18ClNO/c1-10-6-3-4-8-12(10)13(16)15-9-5-7-11(2)14/h3-4,6,8,11H,5,7,9H2,1-2H3,(H,15,16). The van der Waals surface area contributed by atoms with Crippen molar-refractivity contribution in [3.05, 3.63) is 35.4 Å². The number of halogens is 1. The van der Waals surface area contributed by atoms with Gasteiger partial charge in [-0.3, -0.25) is 4.79 Å². The Hall–Kier alpha value is -1.02. The summed E-state index contributed by atoms with van der Waals surface area (Å²) in [5.41, 5.74) is 1.76. The van der Waals surface area contributed by atoms with Crippen LogP contribution in [0, 0.1) is 6.92 Å². The molecule has 1 atom stereocenters. The van der Waals surface area contributed by atoms with Crippen LogP contribution in [0.4, 0.5) is 0 Å². The maximum absolute atomic E-state index is 11.8. The second-order valence-corrected chi connectivity index (χ2v) is 4.74. The van der Waals surface area contributed by atoms with Crippen molar-refractivity contribution in [3.8, 4) is 0 Å². The summed E-state index contributed by atoms with van der Waals surface area (Å²) in [5, 5.41) is 3.07. The monoisotopic (exact) mass is 239 g/mol. The summed E-state index contributed by atoms with van der Waals surface area (Å²) in [6, 6.07) is 7.59. The number of hydrogen-bond donors (Lipinski definition) is 1. The van der Waals surface area contributed by atoms with E-state index >= 15 is 0 Å².